The van der Waals surface area contributed by atoms with Gasteiger partial charge < -0.3 is 9.15 Å². The van der Waals surface area contributed by atoms with E-state index in [1.165, 1.54) is 15.9 Å². The first-order chi connectivity index (χ1) is 15.1. The second-order valence-electron chi connectivity index (χ2n) is 7.37. The van der Waals surface area contributed by atoms with Crippen LogP contribution in [0.5, 0.6) is 5.75 Å². The summed E-state index contributed by atoms with van der Waals surface area (Å²) in [5.74, 6) is 1.86. The maximum Gasteiger partial charge on any atom is 0.291 e. The fourth-order valence-corrected chi connectivity index (χ4v) is 4.37. The summed E-state index contributed by atoms with van der Waals surface area (Å²) in [5.41, 5.74) is 2.49. The zero-order valence-corrected chi connectivity index (χ0v) is 18.1. The Kier molecular flexibility index (Phi) is 5.03. The highest BCUT2D eigenvalue weighted by Gasteiger charge is 2.18. The number of fused-ring (bicyclic) bond motifs is 2. The fourth-order valence-electron chi connectivity index (χ4n) is 3.46. The van der Waals surface area contributed by atoms with E-state index in [0.717, 1.165) is 40.7 Å². The molecule has 0 radical (unpaired) electrons. The Bertz CT molecular complexity index is 1480. The van der Waals surface area contributed by atoms with Crippen LogP contribution < -0.4 is 14.8 Å². The fraction of sp³-hybridized carbons (Fsp3) is 0.208. The van der Waals surface area contributed by atoms with Crippen molar-refractivity contribution in [2.24, 2.45) is 0 Å². The molecule has 0 bridgehead atoms. The molecule has 6 nitrogen and oxygen atoms in total. The van der Waals surface area contributed by atoms with Crippen molar-refractivity contribution in [3.8, 4) is 17.3 Å². The van der Waals surface area contributed by atoms with E-state index in [9.17, 15) is 4.79 Å². The smallest absolute Gasteiger partial charge is 0.291 e. The number of benzene rings is 2. The summed E-state index contributed by atoms with van der Waals surface area (Å²) >= 11 is 1.32. The van der Waals surface area contributed by atoms with Crippen molar-refractivity contribution in [1.29, 1.82) is 0 Å². The lowest BCUT2D eigenvalue weighted by atomic mass is 10.1. The molecule has 7 heteroatoms. The van der Waals surface area contributed by atoms with Crippen LogP contribution in [0, 0.1) is 6.92 Å². The zero-order valence-electron chi connectivity index (χ0n) is 17.3. The number of para-hydroxylation sites is 1. The first-order valence-electron chi connectivity index (χ1n) is 10.3. The van der Waals surface area contributed by atoms with Gasteiger partial charge in [0.25, 0.3) is 5.56 Å². The summed E-state index contributed by atoms with van der Waals surface area (Å²) in [6.07, 6.45) is 3.99. The van der Waals surface area contributed by atoms with Crippen molar-refractivity contribution in [1.82, 2.24) is 14.6 Å². The molecule has 0 atom stereocenters. The predicted molar refractivity (Wildman–Crippen MR) is 123 cm³/mol. The van der Waals surface area contributed by atoms with Crippen LogP contribution in [0.25, 0.3) is 33.6 Å². The molecule has 3 heterocycles. The van der Waals surface area contributed by atoms with Gasteiger partial charge in [-0.2, -0.15) is 9.50 Å². The van der Waals surface area contributed by atoms with Gasteiger partial charge in [-0.3, -0.25) is 4.79 Å². The van der Waals surface area contributed by atoms with E-state index in [0.29, 0.717) is 27.7 Å². The number of aryl methyl sites for hydroxylation is 1. The molecule has 0 fully saturated rings. The zero-order chi connectivity index (χ0) is 21.4. The maximum atomic E-state index is 12.9. The van der Waals surface area contributed by atoms with Gasteiger partial charge in [-0.1, -0.05) is 55.0 Å². The molecule has 3 aromatic heterocycles. The summed E-state index contributed by atoms with van der Waals surface area (Å²) in [5, 5.41) is 5.45. The van der Waals surface area contributed by atoms with E-state index >= 15 is 0 Å². The molecule has 0 spiro atoms. The van der Waals surface area contributed by atoms with E-state index in [4.69, 9.17) is 9.15 Å². The lowest BCUT2D eigenvalue weighted by Crippen LogP contribution is -2.23. The van der Waals surface area contributed by atoms with Crippen LogP contribution >= 0.6 is 11.3 Å². The largest absolute Gasteiger partial charge is 0.494 e. The molecule has 5 rings (SSSR count). The van der Waals surface area contributed by atoms with Crippen LogP contribution in [0.3, 0.4) is 0 Å². The summed E-state index contributed by atoms with van der Waals surface area (Å²) in [7, 11) is 0. The second kappa shape index (κ2) is 8.00. The third-order valence-electron chi connectivity index (χ3n) is 5.17. The van der Waals surface area contributed by atoms with Crippen LogP contribution in [0.1, 0.15) is 30.9 Å². The summed E-state index contributed by atoms with van der Waals surface area (Å²) in [6, 6.07) is 15.5. The minimum Gasteiger partial charge on any atom is -0.494 e. The van der Waals surface area contributed by atoms with Gasteiger partial charge in [-0.15, -0.1) is 5.10 Å². The highest BCUT2D eigenvalue weighted by atomic mass is 32.1. The average molecular weight is 432 g/mol. The number of thiazole rings is 1. The minimum atomic E-state index is -0.184. The van der Waals surface area contributed by atoms with E-state index in [-0.39, 0.29) is 5.56 Å². The number of hydrogen-bond donors (Lipinski definition) is 0. The molecule has 156 valence electrons. The number of nitrogens with zero attached hydrogens (tertiary/aromatic N) is 3. The van der Waals surface area contributed by atoms with Crippen molar-refractivity contribution in [2.75, 3.05) is 6.61 Å². The van der Waals surface area contributed by atoms with Crippen LogP contribution in [-0.4, -0.2) is 21.2 Å². The lowest BCUT2D eigenvalue weighted by molar-refractivity contribution is 0.309. The molecule has 31 heavy (non-hydrogen) atoms. The van der Waals surface area contributed by atoms with E-state index in [1.54, 1.807) is 0 Å². The topological polar surface area (TPSA) is 69.6 Å². The Labute approximate surface area is 182 Å². The molecule has 0 aliphatic rings. The second-order valence-corrected chi connectivity index (χ2v) is 8.38. The molecule has 0 unspecified atom stereocenters. The predicted octanol–water partition coefficient (Wildman–Crippen LogP) is 4.60. The molecule has 0 aliphatic carbocycles. The Morgan fingerprint density at radius 2 is 1.97 bits per heavy atom. The molecular weight excluding hydrogens is 410 g/mol. The maximum absolute atomic E-state index is 12.9. The standard InChI is InChI=1S/C24H21N3O3S/c1-3-4-13-29-17-11-9-16(10-12-17)14-20-23(28)27-24(31-20)25-22(26-27)21-15(2)18-7-5-6-8-19(18)30-21/h5-12,14H,3-4,13H2,1-2H3. The number of furan rings is 1. The number of rotatable bonds is 6. The molecule has 2 aromatic carbocycles. The first kappa shape index (κ1) is 19.5. The van der Waals surface area contributed by atoms with Crippen LogP contribution in [0.15, 0.2) is 57.7 Å². The van der Waals surface area contributed by atoms with Crippen LogP contribution in [-0.2, 0) is 0 Å². The first-order valence-corrected chi connectivity index (χ1v) is 11.1. The van der Waals surface area contributed by atoms with Gasteiger partial charge in [-0.05, 0) is 43.2 Å². The van der Waals surface area contributed by atoms with E-state index in [2.05, 4.69) is 17.0 Å². The van der Waals surface area contributed by atoms with Gasteiger partial charge in [0.15, 0.2) is 5.76 Å². The normalized spacial score (nSPS) is 12.3. The third-order valence-corrected chi connectivity index (χ3v) is 6.13. The SMILES string of the molecule is CCCCOc1ccc(C=c2sc3nc(-c4oc5ccccc5c4C)nn3c2=O)cc1. The number of ether oxygens (including phenoxy) is 1. The van der Waals surface area contributed by atoms with Crippen molar-refractivity contribution in [3.63, 3.8) is 0 Å². The number of hydrogen-bond acceptors (Lipinski definition) is 6. The molecule has 5 aromatic rings. The summed E-state index contributed by atoms with van der Waals surface area (Å²) in [4.78, 5) is 18.0. The monoisotopic (exact) mass is 431 g/mol. The van der Waals surface area contributed by atoms with Gasteiger partial charge in [0.05, 0.1) is 11.1 Å². The van der Waals surface area contributed by atoms with Gasteiger partial charge in [0.2, 0.25) is 10.8 Å². The summed E-state index contributed by atoms with van der Waals surface area (Å²) < 4.78 is 13.6. The highest BCUT2D eigenvalue weighted by molar-refractivity contribution is 7.15. The molecule has 0 N–H and O–H groups in total. The molecule has 0 amide bonds. The van der Waals surface area contributed by atoms with Crippen molar-refractivity contribution in [3.05, 3.63) is 74.5 Å². The van der Waals surface area contributed by atoms with Crippen molar-refractivity contribution >= 4 is 33.3 Å². The quantitative estimate of drug-likeness (QED) is 0.368. The Balaban J connectivity index is 1.47. The Morgan fingerprint density at radius 3 is 2.71 bits per heavy atom. The van der Waals surface area contributed by atoms with E-state index in [1.807, 2.05) is 61.5 Å². The molecule has 0 aliphatic heterocycles. The van der Waals surface area contributed by atoms with Gasteiger partial charge >= 0.3 is 0 Å². The van der Waals surface area contributed by atoms with Crippen LogP contribution in [0.2, 0.25) is 0 Å². The number of aromatic nitrogens is 3. The Morgan fingerprint density at radius 1 is 1.16 bits per heavy atom. The highest BCUT2D eigenvalue weighted by Crippen LogP contribution is 2.31. The van der Waals surface area contributed by atoms with Gasteiger partial charge in [-0.25, -0.2) is 0 Å². The summed E-state index contributed by atoms with van der Waals surface area (Å²) in [6.45, 7) is 4.82. The molecule has 0 saturated carbocycles. The van der Waals surface area contributed by atoms with Crippen LogP contribution in [0.4, 0.5) is 0 Å². The van der Waals surface area contributed by atoms with Crippen molar-refractivity contribution in [2.45, 2.75) is 26.7 Å². The van der Waals surface area contributed by atoms with Gasteiger partial charge in [0, 0.05) is 10.9 Å². The third kappa shape index (κ3) is 3.61. The number of unbranched alkanes of at least 4 members (excludes halogenated alkanes) is 1. The van der Waals surface area contributed by atoms with E-state index < -0.39 is 0 Å². The van der Waals surface area contributed by atoms with Crippen molar-refractivity contribution < 1.29 is 9.15 Å². The molecular formula is C24H21N3O3S. The minimum absolute atomic E-state index is 0.184. The Hall–Kier alpha value is -3.45. The lowest BCUT2D eigenvalue weighted by Gasteiger charge is -2.04. The average Bonchev–Trinajstić information content (AvgIpc) is 3.43. The molecule has 0 saturated heterocycles. The van der Waals surface area contributed by atoms with Gasteiger partial charge in [0.1, 0.15) is 11.3 Å².